The topological polar surface area (TPSA) is 77.8 Å². The van der Waals surface area contributed by atoms with Crippen LogP contribution in [0.15, 0.2) is 46.0 Å². The van der Waals surface area contributed by atoms with E-state index in [1.54, 1.807) is 0 Å². The lowest BCUT2D eigenvalue weighted by Crippen LogP contribution is -2.34. The van der Waals surface area contributed by atoms with Gasteiger partial charge in [0.25, 0.3) is 0 Å². The number of aliphatic hydroxyl groups excluding tert-OH is 3. The summed E-state index contributed by atoms with van der Waals surface area (Å²) in [7, 11) is 0. The predicted molar refractivity (Wildman–Crippen MR) is 101 cm³/mol. The van der Waals surface area contributed by atoms with Crippen molar-refractivity contribution in [2.75, 3.05) is 0 Å². The van der Waals surface area contributed by atoms with Crippen LogP contribution in [0.5, 0.6) is 0 Å². The molecule has 0 fully saturated rings. The molecule has 0 heterocycles. The summed E-state index contributed by atoms with van der Waals surface area (Å²) in [5, 5.41) is 31.9. The number of hydrogen-bond acceptors (Lipinski definition) is 4. The van der Waals surface area contributed by atoms with Crippen LogP contribution in [-0.2, 0) is 4.79 Å². The fourth-order valence-electron chi connectivity index (χ4n) is 2.89. The Hall–Kier alpha value is -1.81. The van der Waals surface area contributed by atoms with E-state index in [-0.39, 0.29) is 35.2 Å². The van der Waals surface area contributed by atoms with Gasteiger partial charge in [-0.1, -0.05) is 37.1 Å². The summed E-state index contributed by atoms with van der Waals surface area (Å²) in [5.41, 5.74) is 2.50. The van der Waals surface area contributed by atoms with Gasteiger partial charge in [0, 0.05) is 12.0 Å². The maximum atomic E-state index is 12.6. The Balaban J connectivity index is 3.38. The molecule has 140 valence electrons. The van der Waals surface area contributed by atoms with E-state index in [4.69, 9.17) is 0 Å². The summed E-state index contributed by atoms with van der Waals surface area (Å²) in [6, 6.07) is 0. The monoisotopic (exact) mass is 348 g/mol. The number of allylic oxidation sites excluding steroid dienone is 5. The standard InChI is InChI=1S/C21H32O4/c1-12(2)7-9-15-19(23)16(10-8-13(3)4)21(25)18(20(15)24)17(22)11-14(5)6/h7-8,14-15,20,23-25H,9-11H2,1-6H3. The molecular formula is C21H32O4. The maximum Gasteiger partial charge on any atom is 0.165 e. The number of Topliss-reactive ketones (excluding diaryl/α,β-unsaturated/α-hetero) is 1. The molecule has 3 N–H and O–H groups in total. The minimum Gasteiger partial charge on any atom is -0.511 e. The summed E-state index contributed by atoms with van der Waals surface area (Å²) < 4.78 is 0. The zero-order valence-electron chi connectivity index (χ0n) is 16.3. The lowest BCUT2D eigenvalue weighted by atomic mass is 9.78. The molecule has 0 saturated carbocycles. The SMILES string of the molecule is CC(C)=CCC1=C(O)C(CC=C(C)C)C(O)C(C(=O)CC(C)C)=C1O. The van der Waals surface area contributed by atoms with E-state index >= 15 is 0 Å². The van der Waals surface area contributed by atoms with Gasteiger partial charge in [-0.25, -0.2) is 0 Å². The van der Waals surface area contributed by atoms with Crippen molar-refractivity contribution in [2.24, 2.45) is 11.8 Å². The van der Waals surface area contributed by atoms with E-state index in [1.807, 2.05) is 53.7 Å². The van der Waals surface area contributed by atoms with Crippen LogP contribution in [0.3, 0.4) is 0 Å². The molecule has 0 saturated heterocycles. The van der Waals surface area contributed by atoms with Crippen molar-refractivity contribution in [3.63, 3.8) is 0 Å². The average Bonchev–Trinajstić information content (AvgIpc) is 2.45. The number of ketones is 1. The van der Waals surface area contributed by atoms with Gasteiger partial charge in [-0.05, 0) is 46.5 Å². The molecule has 0 spiro atoms. The first kappa shape index (κ1) is 21.2. The molecule has 0 aromatic rings. The van der Waals surface area contributed by atoms with Gasteiger partial charge in [0.05, 0.1) is 17.6 Å². The summed E-state index contributed by atoms with van der Waals surface area (Å²) in [6.07, 6.45) is 3.62. The Bertz CT molecular complexity index is 624. The second kappa shape index (κ2) is 9.04. The third kappa shape index (κ3) is 5.60. The van der Waals surface area contributed by atoms with Gasteiger partial charge in [-0.2, -0.15) is 0 Å². The molecule has 0 amide bonds. The Morgan fingerprint density at radius 3 is 2.12 bits per heavy atom. The van der Waals surface area contributed by atoms with E-state index in [0.717, 1.165) is 11.1 Å². The van der Waals surface area contributed by atoms with Crippen LogP contribution in [0.2, 0.25) is 0 Å². The molecule has 1 aliphatic rings. The van der Waals surface area contributed by atoms with Crippen molar-refractivity contribution in [3.8, 4) is 0 Å². The van der Waals surface area contributed by atoms with Crippen molar-refractivity contribution in [2.45, 2.75) is 66.9 Å². The van der Waals surface area contributed by atoms with Crippen molar-refractivity contribution in [1.29, 1.82) is 0 Å². The van der Waals surface area contributed by atoms with Crippen LogP contribution >= 0.6 is 0 Å². The largest absolute Gasteiger partial charge is 0.511 e. The summed E-state index contributed by atoms with van der Waals surface area (Å²) >= 11 is 0. The van der Waals surface area contributed by atoms with Crippen LogP contribution in [-0.4, -0.2) is 27.2 Å². The summed E-state index contributed by atoms with van der Waals surface area (Å²) in [5.74, 6) is -1.04. The first-order chi connectivity index (χ1) is 11.6. The molecular weight excluding hydrogens is 316 g/mol. The minimum atomic E-state index is -1.20. The first-order valence-electron chi connectivity index (χ1n) is 8.89. The van der Waals surface area contributed by atoms with E-state index in [2.05, 4.69) is 0 Å². The molecule has 25 heavy (non-hydrogen) atoms. The number of carbonyl (C=O) groups excluding carboxylic acids is 1. The van der Waals surface area contributed by atoms with Crippen molar-refractivity contribution in [3.05, 3.63) is 46.0 Å². The Morgan fingerprint density at radius 1 is 1.08 bits per heavy atom. The highest BCUT2D eigenvalue weighted by atomic mass is 16.3. The maximum absolute atomic E-state index is 12.6. The lowest BCUT2D eigenvalue weighted by molar-refractivity contribution is -0.117. The van der Waals surface area contributed by atoms with E-state index in [1.165, 1.54) is 0 Å². The van der Waals surface area contributed by atoms with E-state index in [9.17, 15) is 20.1 Å². The van der Waals surface area contributed by atoms with E-state index < -0.39 is 12.0 Å². The number of aliphatic hydroxyl groups is 3. The summed E-state index contributed by atoms with van der Waals surface area (Å²) in [6.45, 7) is 11.6. The molecule has 2 unspecified atom stereocenters. The van der Waals surface area contributed by atoms with E-state index in [0.29, 0.717) is 18.4 Å². The molecule has 1 rings (SSSR count). The molecule has 0 aromatic heterocycles. The second-order valence-electron chi connectivity index (χ2n) is 7.70. The van der Waals surface area contributed by atoms with Gasteiger partial charge in [-0.3, -0.25) is 4.79 Å². The summed E-state index contributed by atoms with van der Waals surface area (Å²) in [4.78, 5) is 12.6. The predicted octanol–water partition coefficient (Wildman–Crippen LogP) is 4.93. The van der Waals surface area contributed by atoms with Crippen LogP contribution in [0.1, 0.15) is 60.8 Å². The number of rotatable bonds is 7. The second-order valence-corrected chi connectivity index (χ2v) is 7.70. The molecule has 0 aromatic carbocycles. The average molecular weight is 348 g/mol. The quantitative estimate of drug-likeness (QED) is 0.570. The van der Waals surface area contributed by atoms with Crippen LogP contribution in [0.4, 0.5) is 0 Å². The lowest BCUT2D eigenvalue weighted by Gasteiger charge is -2.31. The third-order valence-corrected chi connectivity index (χ3v) is 4.27. The van der Waals surface area contributed by atoms with Crippen LogP contribution < -0.4 is 0 Å². The fourth-order valence-corrected chi connectivity index (χ4v) is 2.89. The molecule has 0 radical (unpaired) electrons. The first-order valence-corrected chi connectivity index (χ1v) is 8.89. The zero-order valence-corrected chi connectivity index (χ0v) is 16.3. The smallest absolute Gasteiger partial charge is 0.165 e. The number of carbonyl (C=O) groups is 1. The molecule has 0 bridgehead atoms. The Labute approximate surface area is 151 Å². The number of hydrogen-bond donors (Lipinski definition) is 3. The van der Waals surface area contributed by atoms with Gasteiger partial charge in [0.2, 0.25) is 0 Å². The van der Waals surface area contributed by atoms with Gasteiger partial charge < -0.3 is 15.3 Å². The Morgan fingerprint density at radius 2 is 1.64 bits per heavy atom. The van der Waals surface area contributed by atoms with Gasteiger partial charge in [0.1, 0.15) is 11.5 Å². The third-order valence-electron chi connectivity index (χ3n) is 4.27. The highest BCUT2D eigenvalue weighted by Crippen LogP contribution is 2.37. The van der Waals surface area contributed by atoms with Gasteiger partial charge in [-0.15, -0.1) is 0 Å². The molecule has 0 aliphatic heterocycles. The van der Waals surface area contributed by atoms with Crippen molar-refractivity contribution < 1.29 is 20.1 Å². The van der Waals surface area contributed by atoms with Crippen molar-refractivity contribution >= 4 is 5.78 Å². The van der Waals surface area contributed by atoms with Crippen LogP contribution in [0, 0.1) is 11.8 Å². The fraction of sp³-hybridized carbons (Fsp3) is 0.571. The molecule has 2 atom stereocenters. The molecule has 4 heteroatoms. The molecule has 1 aliphatic carbocycles. The Kier molecular flexibility index (Phi) is 7.68. The van der Waals surface area contributed by atoms with Crippen LogP contribution in [0.25, 0.3) is 0 Å². The van der Waals surface area contributed by atoms with Gasteiger partial charge in [0.15, 0.2) is 5.78 Å². The minimum absolute atomic E-state index is 0.0268. The van der Waals surface area contributed by atoms with Crippen molar-refractivity contribution in [1.82, 2.24) is 0 Å². The van der Waals surface area contributed by atoms with Gasteiger partial charge >= 0.3 is 0 Å². The highest BCUT2D eigenvalue weighted by molar-refractivity contribution is 5.98. The zero-order chi connectivity index (χ0) is 19.3. The highest BCUT2D eigenvalue weighted by Gasteiger charge is 2.38. The molecule has 4 nitrogen and oxygen atoms in total. The normalized spacial score (nSPS) is 20.8.